The summed E-state index contributed by atoms with van der Waals surface area (Å²) >= 11 is 0. The first kappa shape index (κ1) is 23.2. The van der Waals surface area contributed by atoms with E-state index in [1.807, 2.05) is 48.7 Å². The van der Waals surface area contributed by atoms with Gasteiger partial charge in [0.2, 0.25) is 0 Å². The zero-order valence-electron chi connectivity index (χ0n) is 16.0. The summed E-state index contributed by atoms with van der Waals surface area (Å²) in [6.45, 7) is 2.92. The predicted molar refractivity (Wildman–Crippen MR) is 120 cm³/mol. The number of halogens is 1. The van der Waals surface area contributed by atoms with E-state index in [1.165, 1.54) is 0 Å². The largest absolute Gasteiger partial charge is 0.497 e. The van der Waals surface area contributed by atoms with Crippen LogP contribution in [0.5, 0.6) is 5.75 Å². The number of nitrogens with zero attached hydrogens (tertiary/aromatic N) is 2. The Morgan fingerprint density at radius 1 is 1.07 bits per heavy atom. The minimum absolute atomic E-state index is 0. The highest BCUT2D eigenvalue weighted by molar-refractivity contribution is 14.0. The van der Waals surface area contributed by atoms with Crippen LogP contribution < -0.4 is 15.4 Å². The molecule has 2 N–H and O–H groups in total. The molecule has 0 radical (unpaired) electrons. The maximum Gasteiger partial charge on any atom is 0.190 e. The minimum Gasteiger partial charge on any atom is -0.497 e. The molecule has 1 aromatic carbocycles. The van der Waals surface area contributed by atoms with Gasteiger partial charge >= 0.3 is 0 Å². The van der Waals surface area contributed by atoms with Crippen LogP contribution in [0, 0.1) is 0 Å². The third kappa shape index (κ3) is 9.58. The summed E-state index contributed by atoms with van der Waals surface area (Å²) in [5.74, 6) is 1.66. The Kier molecular flexibility index (Phi) is 12.2. The van der Waals surface area contributed by atoms with Crippen molar-refractivity contribution in [3.63, 3.8) is 0 Å². The van der Waals surface area contributed by atoms with Gasteiger partial charge in [-0.25, -0.2) is 0 Å². The molecule has 0 aliphatic heterocycles. The molecule has 0 amide bonds. The van der Waals surface area contributed by atoms with Crippen molar-refractivity contribution in [3.05, 3.63) is 59.9 Å². The second-order valence-electron chi connectivity index (χ2n) is 5.75. The van der Waals surface area contributed by atoms with Crippen molar-refractivity contribution < 1.29 is 9.47 Å². The molecule has 1 aromatic heterocycles. The molecular formula is C20H29IN4O2. The van der Waals surface area contributed by atoms with E-state index in [0.717, 1.165) is 48.9 Å². The number of hydrogen-bond donors (Lipinski definition) is 2. The molecule has 0 atom stereocenters. The third-order valence-corrected chi connectivity index (χ3v) is 3.81. The second kappa shape index (κ2) is 14.2. The minimum atomic E-state index is 0. The van der Waals surface area contributed by atoms with Crippen LogP contribution in [0.25, 0.3) is 0 Å². The summed E-state index contributed by atoms with van der Waals surface area (Å²) in [6.07, 6.45) is 3.60. The summed E-state index contributed by atoms with van der Waals surface area (Å²) in [5.41, 5.74) is 2.22. The number of benzene rings is 1. The van der Waals surface area contributed by atoms with Crippen molar-refractivity contribution in [2.24, 2.45) is 4.99 Å². The summed E-state index contributed by atoms with van der Waals surface area (Å²) in [4.78, 5) is 8.53. The van der Waals surface area contributed by atoms with Crippen molar-refractivity contribution >= 4 is 29.9 Å². The number of guanidine groups is 1. The van der Waals surface area contributed by atoms with Gasteiger partial charge in [0.15, 0.2) is 5.96 Å². The molecule has 2 rings (SSSR count). The van der Waals surface area contributed by atoms with Gasteiger partial charge in [-0.05, 0) is 36.2 Å². The highest BCUT2D eigenvalue weighted by Crippen LogP contribution is 2.11. The Bertz CT molecular complexity index is 651. The molecule has 1 heterocycles. The van der Waals surface area contributed by atoms with E-state index in [0.29, 0.717) is 13.2 Å². The van der Waals surface area contributed by atoms with Crippen LogP contribution in [0.2, 0.25) is 0 Å². The van der Waals surface area contributed by atoms with Crippen molar-refractivity contribution in [3.8, 4) is 5.75 Å². The van der Waals surface area contributed by atoms with Crippen molar-refractivity contribution in [2.45, 2.75) is 19.4 Å². The van der Waals surface area contributed by atoms with Gasteiger partial charge < -0.3 is 20.1 Å². The molecule has 2 aromatic rings. The van der Waals surface area contributed by atoms with Crippen LogP contribution in [0.4, 0.5) is 0 Å². The van der Waals surface area contributed by atoms with Crippen LogP contribution in [-0.2, 0) is 17.8 Å². The summed E-state index contributed by atoms with van der Waals surface area (Å²) in [7, 11) is 3.44. The highest BCUT2D eigenvalue weighted by atomic mass is 127. The van der Waals surface area contributed by atoms with E-state index in [4.69, 9.17) is 9.47 Å². The Hall–Kier alpha value is -1.87. The summed E-state index contributed by atoms with van der Waals surface area (Å²) in [6, 6.07) is 13.9. The zero-order chi connectivity index (χ0) is 18.5. The lowest BCUT2D eigenvalue weighted by atomic mass is 10.2. The molecule has 0 unspecified atom stereocenters. The Morgan fingerprint density at radius 3 is 2.52 bits per heavy atom. The van der Waals surface area contributed by atoms with Gasteiger partial charge in [-0.3, -0.25) is 9.98 Å². The lowest BCUT2D eigenvalue weighted by Crippen LogP contribution is -2.39. The monoisotopic (exact) mass is 484 g/mol. The first-order valence-corrected chi connectivity index (χ1v) is 8.87. The molecule has 148 valence electrons. The SMILES string of the molecule is CN=C(NCCCOCc1ccc(OC)cc1)NCCc1ccccn1.I. The molecule has 7 heteroatoms. The molecule has 0 bridgehead atoms. The number of aromatic nitrogens is 1. The number of hydrogen-bond acceptors (Lipinski definition) is 4. The van der Waals surface area contributed by atoms with Gasteiger partial charge in [-0.1, -0.05) is 18.2 Å². The highest BCUT2D eigenvalue weighted by Gasteiger charge is 1.99. The van der Waals surface area contributed by atoms with Crippen molar-refractivity contribution in [1.29, 1.82) is 0 Å². The fourth-order valence-electron chi connectivity index (χ4n) is 2.37. The van der Waals surface area contributed by atoms with Crippen molar-refractivity contribution in [1.82, 2.24) is 15.6 Å². The Morgan fingerprint density at radius 2 is 1.85 bits per heavy atom. The van der Waals surface area contributed by atoms with E-state index in [-0.39, 0.29) is 24.0 Å². The maximum absolute atomic E-state index is 5.70. The lowest BCUT2D eigenvalue weighted by molar-refractivity contribution is 0.119. The van der Waals surface area contributed by atoms with Gasteiger partial charge in [-0.2, -0.15) is 0 Å². The average molecular weight is 484 g/mol. The predicted octanol–water partition coefficient (Wildman–Crippen LogP) is 3.02. The molecule has 0 fully saturated rings. The Labute approximate surface area is 178 Å². The number of ether oxygens (including phenoxy) is 2. The number of rotatable bonds is 10. The van der Waals surface area contributed by atoms with E-state index in [1.54, 1.807) is 14.2 Å². The summed E-state index contributed by atoms with van der Waals surface area (Å²) in [5, 5.41) is 6.58. The van der Waals surface area contributed by atoms with E-state index < -0.39 is 0 Å². The first-order valence-electron chi connectivity index (χ1n) is 8.87. The normalized spacial score (nSPS) is 10.8. The number of aliphatic imine (C=N–C) groups is 1. The Balaban J connectivity index is 0.00000364. The van der Waals surface area contributed by atoms with E-state index in [9.17, 15) is 0 Å². The second-order valence-corrected chi connectivity index (χ2v) is 5.75. The van der Waals surface area contributed by atoms with Crippen LogP contribution in [0.15, 0.2) is 53.7 Å². The van der Waals surface area contributed by atoms with E-state index >= 15 is 0 Å². The fraction of sp³-hybridized carbons (Fsp3) is 0.400. The number of methoxy groups -OCH3 is 1. The molecule has 0 aliphatic rings. The quantitative estimate of drug-likeness (QED) is 0.235. The van der Waals surface area contributed by atoms with E-state index in [2.05, 4.69) is 20.6 Å². The molecule has 6 nitrogen and oxygen atoms in total. The average Bonchev–Trinajstić information content (AvgIpc) is 2.70. The first-order chi connectivity index (χ1) is 12.8. The summed E-state index contributed by atoms with van der Waals surface area (Å²) < 4.78 is 10.8. The van der Waals surface area contributed by atoms with Gasteiger partial charge in [0.05, 0.1) is 13.7 Å². The zero-order valence-corrected chi connectivity index (χ0v) is 18.3. The molecule has 0 saturated carbocycles. The van der Waals surface area contributed by atoms with Crippen LogP contribution >= 0.6 is 24.0 Å². The van der Waals surface area contributed by atoms with Crippen LogP contribution in [0.1, 0.15) is 17.7 Å². The van der Waals surface area contributed by atoms with Crippen molar-refractivity contribution in [2.75, 3.05) is 33.9 Å². The molecule has 0 aliphatic carbocycles. The molecule has 27 heavy (non-hydrogen) atoms. The standard InChI is InChI=1S/C20H28N4O2.HI/c1-21-20(24-14-11-18-6-3-4-12-22-18)23-13-5-15-26-16-17-7-9-19(25-2)10-8-17;/h3-4,6-10,12H,5,11,13-16H2,1-2H3,(H2,21,23,24);1H. The third-order valence-electron chi connectivity index (χ3n) is 3.81. The van der Waals surface area contributed by atoms with Gasteiger partial charge in [0.25, 0.3) is 0 Å². The molecule has 0 spiro atoms. The van der Waals surface area contributed by atoms with Crippen LogP contribution in [-0.4, -0.2) is 44.8 Å². The van der Waals surface area contributed by atoms with Gasteiger partial charge in [0.1, 0.15) is 5.75 Å². The number of nitrogens with one attached hydrogen (secondary N) is 2. The van der Waals surface area contributed by atoms with Crippen LogP contribution in [0.3, 0.4) is 0 Å². The lowest BCUT2D eigenvalue weighted by Gasteiger charge is -2.12. The van der Waals surface area contributed by atoms with Gasteiger partial charge in [-0.15, -0.1) is 24.0 Å². The number of pyridine rings is 1. The topological polar surface area (TPSA) is 67.8 Å². The fourth-order valence-corrected chi connectivity index (χ4v) is 2.37. The molecular weight excluding hydrogens is 455 g/mol. The molecule has 0 saturated heterocycles. The maximum atomic E-state index is 5.70. The van der Waals surface area contributed by atoms with Gasteiger partial charge in [0, 0.05) is 45.1 Å². The smallest absolute Gasteiger partial charge is 0.190 e.